The van der Waals surface area contributed by atoms with Crippen molar-refractivity contribution in [2.24, 2.45) is 11.1 Å². The molecule has 0 spiro atoms. The van der Waals surface area contributed by atoms with E-state index in [1.54, 1.807) is 13.2 Å². The summed E-state index contributed by atoms with van der Waals surface area (Å²) in [6, 6.07) is 2.98. The van der Waals surface area contributed by atoms with Crippen molar-refractivity contribution in [3.05, 3.63) is 23.5 Å². The van der Waals surface area contributed by atoms with Gasteiger partial charge in [0.1, 0.15) is 5.75 Å². The van der Waals surface area contributed by atoms with Crippen LogP contribution in [0, 0.1) is 11.2 Å². The summed E-state index contributed by atoms with van der Waals surface area (Å²) in [5.74, 6) is 0.575. The molecule has 17 heavy (non-hydrogen) atoms. The van der Waals surface area contributed by atoms with E-state index in [1.807, 2.05) is 0 Å². The molecule has 1 aromatic carbocycles. The van der Waals surface area contributed by atoms with Crippen molar-refractivity contribution in [1.82, 2.24) is 0 Å². The van der Waals surface area contributed by atoms with E-state index in [1.165, 1.54) is 13.2 Å². The normalized spacial score (nSPS) is 25.5. The minimum atomic E-state index is -0.377. The van der Waals surface area contributed by atoms with E-state index in [0.29, 0.717) is 5.75 Å². The van der Waals surface area contributed by atoms with Gasteiger partial charge in [0.05, 0.1) is 14.2 Å². The molecule has 0 heterocycles. The predicted octanol–water partition coefficient (Wildman–Crippen LogP) is 2.29. The van der Waals surface area contributed by atoms with Gasteiger partial charge in [-0.2, -0.15) is 0 Å². The molecule has 0 aliphatic heterocycles. The summed E-state index contributed by atoms with van der Waals surface area (Å²) in [5.41, 5.74) is 6.74. The van der Waals surface area contributed by atoms with E-state index in [-0.39, 0.29) is 28.9 Å². The molecule has 2 rings (SSSR count). The summed E-state index contributed by atoms with van der Waals surface area (Å²) in [7, 11) is 3.03. The molecule has 0 radical (unpaired) electrons. The maximum Gasteiger partial charge on any atom is 0.165 e. The van der Waals surface area contributed by atoms with E-state index in [0.717, 1.165) is 5.56 Å². The molecule has 1 aliphatic rings. The third kappa shape index (κ3) is 1.67. The number of methoxy groups -OCH3 is 2. The summed E-state index contributed by atoms with van der Waals surface area (Å²) in [4.78, 5) is 0. The molecule has 1 fully saturated rings. The van der Waals surface area contributed by atoms with Crippen LogP contribution in [0.25, 0.3) is 0 Å². The third-order valence-electron chi connectivity index (χ3n) is 3.75. The van der Waals surface area contributed by atoms with Gasteiger partial charge in [-0.3, -0.25) is 0 Å². The van der Waals surface area contributed by atoms with Gasteiger partial charge >= 0.3 is 0 Å². The maximum atomic E-state index is 13.7. The second-order valence-corrected chi connectivity index (χ2v) is 5.02. The molecule has 3 nitrogen and oxygen atoms in total. The fourth-order valence-corrected chi connectivity index (χ4v) is 2.46. The van der Waals surface area contributed by atoms with Gasteiger partial charge in [-0.05, 0) is 17.5 Å². The van der Waals surface area contributed by atoms with Crippen LogP contribution < -0.4 is 15.2 Å². The number of benzene rings is 1. The molecule has 2 N–H and O–H groups in total. The van der Waals surface area contributed by atoms with Gasteiger partial charge in [-0.15, -0.1) is 0 Å². The van der Waals surface area contributed by atoms with Gasteiger partial charge in [0.25, 0.3) is 0 Å². The summed E-state index contributed by atoms with van der Waals surface area (Å²) < 4.78 is 24.1. The zero-order chi connectivity index (χ0) is 12.8. The molecule has 0 unspecified atom stereocenters. The molecule has 0 amide bonds. The van der Waals surface area contributed by atoms with Crippen LogP contribution in [0.4, 0.5) is 4.39 Å². The summed E-state index contributed by atoms with van der Waals surface area (Å²) in [6.45, 7) is 4.12. The predicted molar refractivity (Wildman–Crippen MR) is 64.0 cm³/mol. The number of nitrogens with two attached hydrogens (primary N) is 1. The van der Waals surface area contributed by atoms with Gasteiger partial charge in [-0.25, -0.2) is 4.39 Å². The van der Waals surface area contributed by atoms with Crippen molar-refractivity contribution in [3.63, 3.8) is 0 Å². The van der Waals surface area contributed by atoms with E-state index < -0.39 is 0 Å². The van der Waals surface area contributed by atoms with Gasteiger partial charge in [0, 0.05) is 17.5 Å². The molecule has 4 heteroatoms. The maximum absolute atomic E-state index is 13.7. The third-order valence-corrected chi connectivity index (χ3v) is 3.75. The summed E-state index contributed by atoms with van der Waals surface area (Å²) in [6.07, 6.45) is 0. The molecular weight excluding hydrogens is 221 g/mol. The van der Waals surface area contributed by atoms with Crippen molar-refractivity contribution < 1.29 is 13.9 Å². The van der Waals surface area contributed by atoms with Crippen molar-refractivity contribution in [3.8, 4) is 11.5 Å². The first-order valence-electron chi connectivity index (χ1n) is 5.61. The van der Waals surface area contributed by atoms with E-state index >= 15 is 0 Å². The van der Waals surface area contributed by atoms with E-state index in [4.69, 9.17) is 15.2 Å². The van der Waals surface area contributed by atoms with Gasteiger partial charge < -0.3 is 15.2 Å². The van der Waals surface area contributed by atoms with Gasteiger partial charge in [-0.1, -0.05) is 13.8 Å². The Bertz CT molecular complexity index is 445. The molecule has 0 saturated heterocycles. The zero-order valence-electron chi connectivity index (χ0n) is 10.6. The second kappa shape index (κ2) is 3.88. The Labute approximate surface area is 101 Å². The first kappa shape index (κ1) is 12.2. The van der Waals surface area contributed by atoms with Gasteiger partial charge in [0.15, 0.2) is 11.6 Å². The Balaban J connectivity index is 2.55. The Hall–Kier alpha value is -1.29. The topological polar surface area (TPSA) is 44.5 Å². The monoisotopic (exact) mass is 239 g/mol. The highest BCUT2D eigenvalue weighted by Crippen LogP contribution is 2.61. The first-order chi connectivity index (χ1) is 7.95. The van der Waals surface area contributed by atoms with E-state index in [2.05, 4.69) is 13.8 Å². The Morgan fingerprint density at radius 2 is 1.82 bits per heavy atom. The van der Waals surface area contributed by atoms with Crippen LogP contribution in [0.5, 0.6) is 11.5 Å². The van der Waals surface area contributed by atoms with Crippen LogP contribution in [-0.4, -0.2) is 20.3 Å². The summed E-state index contributed by atoms with van der Waals surface area (Å²) in [5, 5.41) is 0. The smallest absolute Gasteiger partial charge is 0.165 e. The number of hydrogen-bond acceptors (Lipinski definition) is 3. The molecule has 0 bridgehead atoms. The van der Waals surface area contributed by atoms with Crippen molar-refractivity contribution in [2.45, 2.75) is 25.8 Å². The van der Waals surface area contributed by atoms with Crippen LogP contribution in [0.1, 0.15) is 25.3 Å². The van der Waals surface area contributed by atoms with Gasteiger partial charge in [0.2, 0.25) is 0 Å². The Morgan fingerprint density at radius 1 is 1.24 bits per heavy atom. The highest BCUT2D eigenvalue weighted by atomic mass is 19.1. The number of ether oxygens (including phenoxy) is 2. The minimum Gasteiger partial charge on any atom is -0.496 e. The second-order valence-electron chi connectivity index (χ2n) is 5.02. The highest BCUT2D eigenvalue weighted by Gasteiger charge is 2.58. The SMILES string of the molecule is COc1ccc(F)c(OC)c1[C@H]1[C@H](N)C1(C)C. The molecular formula is C13H18FNO2. The van der Waals surface area contributed by atoms with Crippen molar-refractivity contribution >= 4 is 0 Å². The van der Waals surface area contributed by atoms with E-state index in [9.17, 15) is 4.39 Å². The van der Waals surface area contributed by atoms with Crippen molar-refractivity contribution in [2.75, 3.05) is 14.2 Å². The largest absolute Gasteiger partial charge is 0.496 e. The highest BCUT2D eigenvalue weighted by molar-refractivity contribution is 5.53. The lowest BCUT2D eigenvalue weighted by Crippen LogP contribution is -2.07. The minimum absolute atomic E-state index is 0.00657. The van der Waals surface area contributed by atoms with Crippen LogP contribution in [0.2, 0.25) is 0 Å². The lowest BCUT2D eigenvalue weighted by Gasteiger charge is -2.14. The zero-order valence-corrected chi connectivity index (χ0v) is 10.6. The quantitative estimate of drug-likeness (QED) is 0.880. The van der Waals surface area contributed by atoms with Crippen LogP contribution in [-0.2, 0) is 0 Å². The standard InChI is InChI=1S/C13H18FNO2/c1-13(2)10(12(13)15)9-8(16-3)6-5-7(14)11(9)17-4/h5-6,10,12H,15H2,1-4H3/t10-,12-/m0/s1. The van der Waals surface area contributed by atoms with Crippen LogP contribution >= 0.6 is 0 Å². The number of hydrogen-bond donors (Lipinski definition) is 1. The fourth-order valence-electron chi connectivity index (χ4n) is 2.46. The Morgan fingerprint density at radius 3 is 2.24 bits per heavy atom. The van der Waals surface area contributed by atoms with Crippen molar-refractivity contribution in [1.29, 1.82) is 0 Å². The molecule has 1 aromatic rings. The number of halogens is 1. The average Bonchev–Trinajstić information content (AvgIpc) is 2.77. The molecule has 2 atom stereocenters. The number of rotatable bonds is 3. The fraction of sp³-hybridized carbons (Fsp3) is 0.538. The van der Waals surface area contributed by atoms with Crippen LogP contribution in [0.15, 0.2) is 12.1 Å². The summed E-state index contributed by atoms with van der Waals surface area (Å²) >= 11 is 0. The first-order valence-corrected chi connectivity index (χ1v) is 5.61. The van der Waals surface area contributed by atoms with Crippen LogP contribution in [0.3, 0.4) is 0 Å². The lowest BCUT2D eigenvalue weighted by atomic mass is 10.0. The molecule has 1 saturated carbocycles. The molecule has 0 aromatic heterocycles. The molecule has 94 valence electrons. The Kier molecular flexibility index (Phi) is 2.78. The molecule has 1 aliphatic carbocycles. The lowest BCUT2D eigenvalue weighted by molar-refractivity contribution is 0.363. The average molecular weight is 239 g/mol.